The van der Waals surface area contributed by atoms with E-state index in [1.807, 2.05) is 23.4 Å². The van der Waals surface area contributed by atoms with E-state index in [1.54, 1.807) is 17.2 Å². The fourth-order valence-corrected chi connectivity index (χ4v) is 6.85. The van der Waals surface area contributed by atoms with E-state index in [9.17, 15) is 19.1 Å². The molecule has 3 heterocycles. The molecule has 2 fully saturated rings. The van der Waals surface area contributed by atoms with Gasteiger partial charge in [-0.3, -0.25) is 14.5 Å². The Morgan fingerprint density at radius 3 is 2.75 bits per heavy atom. The predicted octanol–water partition coefficient (Wildman–Crippen LogP) is 6.01. The number of aromatic nitrogens is 2. The zero-order chi connectivity index (χ0) is 27.8. The molecular formula is C30H33FN4O4S. The number of pyridine rings is 1. The Balaban J connectivity index is 1.32. The van der Waals surface area contributed by atoms with Crippen molar-refractivity contribution < 1.29 is 23.8 Å². The van der Waals surface area contributed by atoms with Gasteiger partial charge in [0.05, 0.1) is 18.7 Å². The third-order valence-electron chi connectivity index (χ3n) is 8.16. The van der Waals surface area contributed by atoms with Crippen molar-refractivity contribution in [3.8, 4) is 28.1 Å². The number of carbonyl (C=O) groups excluding carboxylic acids is 1. The number of benzene rings is 1. The summed E-state index contributed by atoms with van der Waals surface area (Å²) in [5, 5.41) is 12.0. The Bertz CT molecular complexity index is 1420. The lowest BCUT2D eigenvalue weighted by molar-refractivity contribution is -0.141. The van der Waals surface area contributed by atoms with Gasteiger partial charge in [-0.2, -0.15) is 0 Å². The van der Waals surface area contributed by atoms with E-state index in [-0.39, 0.29) is 24.2 Å². The molecule has 1 unspecified atom stereocenters. The van der Waals surface area contributed by atoms with Crippen molar-refractivity contribution >= 4 is 34.2 Å². The number of carboxylic acids is 1. The lowest BCUT2D eigenvalue weighted by atomic mass is 9.90. The van der Waals surface area contributed by atoms with Crippen molar-refractivity contribution in [3.63, 3.8) is 0 Å². The Morgan fingerprint density at radius 2 is 2.00 bits per heavy atom. The maximum atomic E-state index is 14.5. The number of likely N-dealkylation sites (N-methyl/N-ethyl adjacent to an activating group) is 1. The molecule has 3 aromatic rings. The molecule has 1 aliphatic heterocycles. The number of ether oxygens (including phenoxy) is 1. The SMILES string of the molecule is CN1CCOc2cc(-c3ccc(F)cc3-c3csc(N(C(=O)C(CC(=O)O)CC4CCCC4)C4CC4)n3)cnc21. The molecule has 3 aliphatic rings. The molecule has 0 saturated heterocycles. The zero-order valence-corrected chi connectivity index (χ0v) is 23.3. The van der Waals surface area contributed by atoms with E-state index in [0.717, 1.165) is 62.0 Å². The molecule has 0 bridgehead atoms. The van der Waals surface area contributed by atoms with Crippen LogP contribution in [0.1, 0.15) is 51.4 Å². The number of aliphatic carboxylic acids is 1. The van der Waals surface area contributed by atoms with Crippen molar-refractivity contribution in [1.82, 2.24) is 9.97 Å². The van der Waals surface area contributed by atoms with Crippen LogP contribution in [0.15, 0.2) is 35.8 Å². The second-order valence-electron chi connectivity index (χ2n) is 11.1. The van der Waals surface area contributed by atoms with Gasteiger partial charge in [-0.15, -0.1) is 11.3 Å². The van der Waals surface area contributed by atoms with Crippen LogP contribution in [0.3, 0.4) is 0 Å². The van der Waals surface area contributed by atoms with Gasteiger partial charge in [0.25, 0.3) is 0 Å². The summed E-state index contributed by atoms with van der Waals surface area (Å²) >= 11 is 1.34. The van der Waals surface area contributed by atoms with E-state index in [1.165, 1.54) is 23.5 Å². The normalized spacial score (nSPS) is 17.8. The molecule has 2 saturated carbocycles. The van der Waals surface area contributed by atoms with E-state index < -0.39 is 11.9 Å². The summed E-state index contributed by atoms with van der Waals surface area (Å²) in [7, 11) is 1.97. The molecule has 10 heteroatoms. The maximum absolute atomic E-state index is 14.5. The second-order valence-corrected chi connectivity index (χ2v) is 12.0. The van der Waals surface area contributed by atoms with Crippen molar-refractivity contribution in [1.29, 1.82) is 0 Å². The molecule has 2 aliphatic carbocycles. The topological polar surface area (TPSA) is 95.9 Å². The minimum absolute atomic E-state index is 0.0253. The third kappa shape index (κ3) is 5.54. The van der Waals surface area contributed by atoms with Crippen LogP contribution < -0.4 is 14.5 Å². The molecule has 1 atom stereocenters. The van der Waals surface area contributed by atoms with Crippen LogP contribution in [0.2, 0.25) is 0 Å². The highest BCUT2D eigenvalue weighted by molar-refractivity contribution is 7.14. The van der Waals surface area contributed by atoms with Crippen molar-refractivity contribution in [2.24, 2.45) is 11.8 Å². The van der Waals surface area contributed by atoms with Gasteiger partial charge in [0.2, 0.25) is 5.91 Å². The first kappa shape index (κ1) is 26.7. The highest BCUT2D eigenvalue weighted by atomic mass is 32.1. The average molecular weight is 565 g/mol. The van der Waals surface area contributed by atoms with Crippen LogP contribution in [0, 0.1) is 17.7 Å². The summed E-state index contributed by atoms with van der Waals surface area (Å²) in [6, 6.07) is 6.53. The number of nitrogens with zero attached hydrogens (tertiary/aromatic N) is 4. The minimum Gasteiger partial charge on any atom is -0.488 e. The maximum Gasteiger partial charge on any atom is 0.304 e. The number of halogens is 1. The monoisotopic (exact) mass is 564 g/mol. The number of carbonyl (C=O) groups is 2. The van der Waals surface area contributed by atoms with Crippen molar-refractivity contribution in [2.45, 2.75) is 57.4 Å². The summed E-state index contributed by atoms with van der Waals surface area (Å²) in [5.74, 6) is -0.228. The van der Waals surface area contributed by atoms with Gasteiger partial charge < -0.3 is 14.7 Å². The number of amides is 1. The predicted molar refractivity (Wildman–Crippen MR) is 152 cm³/mol. The first-order chi connectivity index (χ1) is 19.4. The number of hydrogen-bond donors (Lipinski definition) is 1. The number of anilines is 2. The lowest BCUT2D eigenvalue weighted by Gasteiger charge is -2.26. The molecule has 1 aromatic carbocycles. The molecule has 1 N–H and O–H groups in total. The van der Waals surface area contributed by atoms with E-state index in [2.05, 4.69) is 4.98 Å². The Labute approximate surface area is 236 Å². The molecule has 1 amide bonds. The average Bonchev–Trinajstić information content (AvgIpc) is 3.40. The Hall–Kier alpha value is -3.53. The highest BCUT2D eigenvalue weighted by Gasteiger charge is 2.40. The van der Waals surface area contributed by atoms with E-state index in [4.69, 9.17) is 9.72 Å². The summed E-state index contributed by atoms with van der Waals surface area (Å²) in [6.45, 7) is 1.32. The smallest absolute Gasteiger partial charge is 0.304 e. The number of rotatable bonds is 9. The van der Waals surface area contributed by atoms with E-state index >= 15 is 0 Å². The Kier molecular flexibility index (Phi) is 7.44. The van der Waals surface area contributed by atoms with Crippen LogP contribution in [-0.4, -0.2) is 53.2 Å². The molecule has 6 rings (SSSR count). The van der Waals surface area contributed by atoms with Gasteiger partial charge in [0.1, 0.15) is 12.4 Å². The van der Waals surface area contributed by atoms with E-state index in [0.29, 0.717) is 41.1 Å². The number of thiazole rings is 1. The highest BCUT2D eigenvalue weighted by Crippen LogP contribution is 2.42. The zero-order valence-electron chi connectivity index (χ0n) is 22.5. The Morgan fingerprint density at radius 1 is 1.20 bits per heavy atom. The first-order valence-electron chi connectivity index (χ1n) is 14.0. The number of fused-ring (bicyclic) bond motifs is 1. The summed E-state index contributed by atoms with van der Waals surface area (Å²) in [4.78, 5) is 38.7. The van der Waals surface area contributed by atoms with Gasteiger partial charge in [-0.1, -0.05) is 31.7 Å². The standard InChI is InChI=1S/C30H33FN4O4S/c1-34-10-11-39-26-13-20(16-32-28(26)34)23-9-6-21(31)15-24(23)25-17-40-30(33-25)35(22-7-8-22)29(38)19(14-27(36)37)12-18-4-2-3-5-18/h6,9,13,15-19,22H,2-5,7-8,10-12,14H2,1H3,(H,36,37). The first-order valence-corrected chi connectivity index (χ1v) is 14.9. The summed E-state index contributed by atoms with van der Waals surface area (Å²) < 4.78 is 20.4. The fourth-order valence-electron chi connectivity index (χ4n) is 5.95. The fraction of sp³-hybridized carbons (Fsp3) is 0.467. The van der Waals surface area contributed by atoms with Gasteiger partial charge in [-0.25, -0.2) is 14.4 Å². The quantitative estimate of drug-likeness (QED) is 0.340. The molecule has 0 spiro atoms. The summed E-state index contributed by atoms with van der Waals surface area (Å²) in [6.07, 6.45) is 8.29. The molecule has 0 radical (unpaired) electrons. The minimum atomic E-state index is -0.954. The molecule has 2 aromatic heterocycles. The summed E-state index contributed by atoms with van der Waals surface area (Å²) in [5.41, 5.74) is 2.71. The number of carboxylic acid groups (broad SMARTS) is 1. The second kappa shape index (κ2) is 11.2. The van der Waals surface area contributed by atoms with Gasteiger partial charge in [0, 0.05) is 41.7 Å². The van der Waals surface area contributed by atoms with Gasteiger partial charge in [-0.05, 0) is 48.9 Å². The van der Waals surface area contributed by atoms with Gasteiger partial charge >= 0.3 is 5.97 Å². The van der Waals surface area contributed by atoms with Crippen LogP contribution in [-0.2, 0) is 9.59 Å². The number of hydrogen-bond acceptors (Lipinski definition) is 7. The van der Waals surface area contributed by atoms with Crippen LogP contribution in [0.4, 0.5) is 15.3 Å². The van der Waals surface area contributed by atoms with Crippen molar-refractivity contribution in [3.05, 3.63) is 41.7 Å². The largest absolute Gasteiger partial charge is 0.488 e. The lowest BCUT2D eigenvalue weighted by Crippen LogP contribution is -2.39. The molecular weight excluding hydrogens is 531 g/mol. The van der Waals surface area contributed by atoms with Crippen LogP contribution >= 0.6 is 11.3 Å². The molecule has 210 valence electrons. The molecule has 40 heavy (non-hydrogen) atoms. The van der Waals surface area contributed by atoms with Gasteiger partial charge in [0.15, 0.2) is 16.7 Å². The van der Waals surface area contributed by atoms with Crippen molar-refractivity contribution in [2.75, 3.05) is 30.0 Å². The van der Waals surface area contributed by atoms with Crippen LogP contribution in [0.5, 0.6) is 5.75 Å². The molecule has 8 nitrogen and oxygen atoms in total. The third-order valence-corrected chi connectivity index (χ3v) is 9.00. The van der Waals surface area contributed by atoms with Crippen LogP contribution in [0.25, 0.3) is 22.4 Å².